The van der Waals surface area contributed by atoms with Crippen LogP contribution in [0.5, 0.6) is 0 Å². The highest BCUT2D eigenvalue weighted by Gasteiger charge is 2.09. The summed E-state index contributed by atoms with van der Waals surface area (Å²) in [6.07, 6.45) is 4.27. The highest BCUT2D eigenvalue weighted by molar-refractivity contribution is 6.30. The van der Waals surface area contributed by atoms with Gasteiger partial charge in [0, 0.05) is 17.4 Å². The van der Waals surface area contributed by atoms with Gasteiger partial charge in [-0.05, 0) is 44.2 Å². The Balaban J connectivity index is 2.08. The van der Waals surface area contributed by atoms with E-state index < -0.39 is 0 Å². The zero-order valence-electron chi connectivity index (χ0n) is 12.2. The molecule has 0 unspecified atom stereocenters. The zero-order valence-corrected chi connectivity index (χ0v) is 12.9. The lowest BCUT2D eigenvalue weighted by molar-refractivity contribution is -0.117. The number of hydrogen-bond donors (Lipinski definition) is 1. The SMILES string of the molecule is CC(C)OCCC(=O)Nc1ccc(Cl)cc1-n1cccc1. The molecule has 21 heavy (non-hydrogen) atoms. The number of nitrogens with one attached hydrogen (secondary N) is 1. The highest BCUT2D eigenvalue weighted by atomic mass is 35.5. The fraction of sp³-hybridized carbons (Fsp3) is 0.312. The molecule has 0 fully saturated rings. The van der Waals surface area contributed by atoms with Crippen molar-refractivity contribution in [2.24, 2.45) is 0 Å². The van der Waals surface area contributed by atoms with Gasteiger partial charge in [-0.25, -0.2) is 0 Å². The molecule has 4 nitrogen and oxygen atoms in total. The van der Waals surface area contributed by atoms with Crippen molar-refractivity contribution in [2.75, 3.05) is 11.9 Å². The fourth-order valence-electron chi connectivity index (χ4n) is 1.92. The minimum atomic E-state index is -0.0774. The Morgan fingerprint density at radius 3 is 2.71 bits per heavy atom. The van der Waals surface area contributed by atoms with Crippen LogP contribution in [-0.2, 0) is 9.53 Å². The van der Waals surface area contributed by atoms with Gasteiger partial charge < -0.3 is 14.6 Å². The molecule has 1 aromatic heterocycles. The van der Waals surface area contributed by atoms with Gasteiger partial charge in [0.05, 0.1) is 30.5 Å². The van der Waals surface area contributed by atoms with E-state index in [-0.39, 0.29) is 12.0 Å². The number of rotatable bonds is 6. The number of carbonyl (C=O) groups is 1. The van der Waals surface area contributed by atoms with Gasteiger partial charge >= 0.3 is 0 Å². The molecule has 0 bridgehead atoms. The molecule has 0 radical (unpaired) electrons. The van der Waals surface area contributed by atoms with E-state index in [0.29, 0.717) is 18.1 Å². The van der Waals surface area contributed by atoms with Crippen molar-refractivity contribution in [3.63, 3.8) is 0 Å². The lowest BCUT2D eigenvalue weighted by Gasteiger charge is -2.13. The lowest BCUT2D eigenvalue weighted by Crippen LogP contribution is -2.16. The monoisotopic (exact) mass is 306 g/mol. The van der Waals surface area contributed by atoms with Gasteiger partial charge in [-0.2, -0.15) is 0 Å². The van der Waals surface area contributed by atoms with Crippen molar-refractivity contribution in [1.29, 1.82) is 0 Å². The summed E-state index contributed by atoms with van der Waals surface area (Å²) in [4.78, 5) is 12.0. The Kier molecular flexibility index (Phi) is 5.42. The molecule has 0 saturated carbocycles. The number of hydrogen-bond acceptors (Lipinski definition) is 2. The average molecular weight is 307 g/mol. The molecule has 0 aliphatic rings. The third kappa shape index (κ3) is 4.62. The maximum absolute atomic E-state index is 12.0. The molecule has 1 amide bonds. The smallest absolute Gasteiger partial charge is 0.226 e. The Morgan fingerprint density at radius 2 is 2.05 bits per heavy atom. The van der Waals surface area contributed by atoms with Crippen LogP contribution in [0.25, 0.3) is 5.69 Å². The van der Waals surface area contributed by atoms with Crippen LogP contribution in [0.15, 0.2) is 42.7 Å². The molecule has 0 spiro atoms. The van der Waals surface area contributed by atoms with E-state index in [1.54, 1.807) is 12.1 Å². The van der Waals surface area contributed by atoms with Gasteiger partial charge in [0.2, 0.25) is 5.91 Å². The highest BCUT2D eigenvalue weighted by Crippen LogP contribution is 2.24. The second-order valence-corrected chi connectivity index (χ2v) is 5.41. The minimum absolute atomic E-state index is 0.0774. The molecule has 0 atom stereocenters. The van der Waals surface area contributed by atoms with E-state index in [9.17, 15) is 4.79 Å². The van der Waals surface area contributed by atoms with Crippen LogP contribution >= 0.6 is 11.6 Å². The number of ether oxygens (including phenoxy) is 1. The van der Waals surface area contributed by atoms with Crippen LogP contribution in [0, 0.1) is 0 Å². The van der Waals surface area contributed by atoms with Crippen molar-refractivity contribution < 1.29 is 9.53 Å². The number of aromatic nitrogens is 1. The Bertz CT molecular complexity index is 594. The average Bonchev–Trinajstić information content (AvgIpc) is 2.94. The predicted octanol–water partition coefficient (Wildman–Crippen LogP) is 3.88. The van der Waals surface area contributed by atoms with E-state index in [0.717, 1.165) is 11.4 Å². The molecule has 0 aliphatic heterocycles. The van der Waals surface area contributed by atoms with E-state index in [1.165, 1.54) is 0 Å². The molecular formula is C16H19ClN2O2. The lowest BCUT2D eigenvalue weighted by atomic mass is 10.2. The van der Waals surface area contributed by atoms with Gasteiger partial charge in [-0.3, -0.25) is 4.79 Å². The van der Waals surface area contributed by atoms with Crippen molar-refractivity contribution in [1.82, 2.24) is 4.57 Å². The van der Waals surface area contributed by atoms with Crippen LogP contribution in [0.1, 0.15) is 20.3 Å². The van der Waals surface area contributed by atoms with Crippen LogP contribution in [0.4, 0.5) is 5.69 Å². The van der Waals surface area contributed by atoms with Gasteiger partial charge in [0.25, 0.3) is 0 Å². The number of halogens is 1. The maximum Gasteiger partial charge on any atom is 0.226 e. The Labute approximate surface area is 129 Å². The van der Waals surface area contributed by atoms with Crippen molar-refractivity contribution >= 4 is 23.2 Å². The van der Waals surface area contributed by atoms with E-state index >= 15 is 0 Å². The third-order valence-corrected chi connectivity index (χ3v) is 3.13. The van der Waals surface area contributed by atoms with Gasteiger partial charge in [0.1, 0.15) is 0 Å². The van der Waals surface area contributed by atoms with Crippen molar-refractivity contribution in [3.8, 4) is 5.69 Å². The largest absolute Gasteiger partial charge is 0.378 e. The normalized spacial score (nSPS) is 10.9. The summed E-state index contributed by atoms with van der Waals surface area (Å²) >= 11 is 6.04. The fourth-order valence-corrected chi connectivity index (χ4v) is 2.09. The number of benzene rings is 1. The Morgan fingerprint density at radius 1 is 1.33 bits per heavy atom. The van der Waals surface area contributed by atoms with Crippen LogP contribution in [-0.4, -0.2) is 23.2 Å². The summed E-state index contributed by atoms with van der Waals surface area (Å²) < 4.78 is 7.29. The Hall–Kier alpha value is -1.78. The summed E-state index contributed by atoms with van der Waals surface area (Å²) in [5.74, 6) is -0.0774. The second kappa shape index (κ2) is 7.29. The summed E-state index contributed by atoms with van der Waals surface area (Å²) in [6.45, 7) is 4.30. The van der Waals surface area contributed by atoms with Gasteiger partial charge in [-0.15, -0.1) is 0 Å². The van der Waals surface area contributed by atoms with Crippen LogP contribution in [0.2, 0.25) is 5.02 Å². The zero-order chi connectivity index (χ0) is 15.2. The molecule has 2 aromatic rings. The van der Waals surface area contributed by atoms with Crippen molar-refractivity contribution in [3.05, 3.63) is 47.7 Å². The third-order valence-electron chi connectivity index (χ3n) is 2.90. The molecule has 1 heterocycles. The number of anilines is 1. The minimum Gasteiger partial charge on any atom is -0.378 e. The van der Waals surface area contributed by atoms with E-state index in [1.807, 2.05) is 49.0 Å². The van der Waals surface area contributed by atoms with Crippen LogP contribution in [0.3, 0.4) is 0 Å². The molecule has 0 saturated heterocycles. The molecule has 5 heteroatoms. The second-order valence-electron chi connectivity index (χ2n) is 4.97. The summed E-state index contributed by atoms with van der Waals surface area (Å²) in [7, 11) is 0. The van der Waals surface area contributed by atoms with Crippen molar-refractivity contribution in [2.45, 2.75) is 26.4 Å². The van der Waals surface area contributed by atoms with E-state index in [4.69, 9.17) is 16.3 Å². The molecule has 1 N–H and O–H groups in total. The predicted molar refractivity (Wildman–Crippen MR) is 85.1 cm³/mol. The quantitative estimate of drug-likeness (QED) is 0.880. The first-order valence-corrected chi connectivity index (χ1v) is 7.28. The summed E-state index contributed by atoms with van der Waals surface area (Å²) in [5, 5.41) is 3.53. The van der Waals surface area contributed by atoms with E-state index in [2.05, 4.69) is 5.32 Å². The first kappa shape index (κ1) is 15.6. The summed E-state index contributed by atoms with van der Waals surface area (Å²) in [5.41, 5.74) is 1.57. The standard InChI is InChI=1S/C16H19ClN2O2/c1-12(2)21-10-7-16(20)18-14-6-5-13(17)11-15(14)19-8-3-4-9-19/h3-6,8-9,11-12H,7,10H2,1-2H3,(H,18,20). The molecule has 2 rings (SSSR count). The maximum atomic E-state index is 12.0. The topological polar surface area (TPSA) is 43.3 Å². The number of amides is 1. The first-order chi connectivity index (χ1) is 10.1. The summed E-state index contributed by atoms with van der Waals surface area (Å²) in [6, 6.07) is 9.22. The number of nitrogens with zero attached hydrogens (tertiary/aromatic N) is 1. The van der Waals surface area contributed by atoms with Gasteiger partial charge in [-0.1, -0.05) is 11.6 Å². The number of carbonyl (C=O) groups excluding carboxylic acids is 1. The molecule has 0 aliphatic carbocycles. The van der Waals surface area contributed by atoms with Gasteiger partial charge in [0.15, 0.2) is 0 Å². The molecule has 1 aromatic carbocycles. The van der Waals surface area contributed by atoms with Crippen LogP contribution < -0.4 is 5.32 Å². The molecular weight excluding hydrogens is 288 g/mol. The first-order valence-electron chi connectivity index (χ1n) is 6.90. The molecule has 112 valence electrons.